The Labute approximate surface area is 112 Å². The largest absolute Gasteiger partial charge is 0.481 e. The second-order valence-corrected chi connectivity index (χ2v) is 6.58. The molecule has 1 aliphatic rings. The lowest BCUT2D eigenvalue weighted by Gasteiger charge is -2.11. The van der Waals surface area contributed by atoms with Gasteiger partial charge < -0.3 is 10.4 Å². The van der Waals surface area contributed by atoms with Crippen molar-refractivity contribution in [2.75, 3.05) is 18.8 Å². The predicted molar refractivity (Wildman–Crippen MR) is 68.9 cm³/mol. The van der Waals surface area contributed by atoms with Crippen LogP contribution in [0.25, 0.3) is 0 Å². The molecule has 1 saturated carbocycles. The van der Waals surface area contributed by atoms with Gasteiger partial charge in [0.05, 0.1) is 11.7 Å². The minimum Gasteiger partial charge on any atom is -0.481 e. The van der Waals surface area contributed by atoms with Gasteiger partial charge in [-0.15, -0.1) is 0 Å². The van der Waals surface area contributed by atoms with Crippen LogP contribution < -0.4 is 10.0 Å². The van der Waals surface area contributed by atoms with Crippen LogP contribution >= 0.6 is 0 Å². The van der Waals surface area contributed by atoms with E-state index in [0.717, 1.165) is 0 Å². The first-order valence-corrected chi connectivity index (χ1v) is 7.98. The molecule has 19 heavy (non-hydrogen) atoms. The maximum absolute atomic E-state index is 11.7. The predicted octanol–water partition coefficient (Wildman–Crippen LogP) is -0.457. The maximum atomic E-state index is 11.7. The first kappa shape index (κ1) is 15.9. The summed E-state index contributed by atoms with van der Waals surface area (Å²) in [6, 6.07) is 0. The van der Waals surface area contributed by atoms with Crippen molar-refractivity contribution in [1.82, 2.24) is 10.0 Å². The number of hydrogen-bond donors (Lipinski definition) is 3. The molecule has 0 aliphatic heterocycles. The SMILES string of the molecule is CCNS(=O)(=O)CCNC(=O)[C@@H]1CC[C@H](C(=O)O)C1. The number of carboxylic acid groups (broad SMARTS) is 1. The minimum atomic E-state index is -3.33. The van der Waals surface area contributed by atoms with E-state index in [4.69, 9.17) is 5.11 Å². The van der Waals surface area contributed by atoms with Crippen LogP contribution in [0.5, 0.6) is 0 Å². The molecular formula is C11H20N2O5S. The van der Waals surface area contributed by atoms with Gasteiger partial charge in [0, 0.05) is 19.0 Å². The highest BCUT2D eigenvalue weighted by Crippen LogP contribution is 2.30. The fraction of sp³-hybridized carbons (Fsp3) is 0.818. The zero-order valence-corrected chi connectivity index (χ0v) is 11.7. The summed E-state index contributed by atoms with van der Waals surface area (Å²) in [6.45, 7) is 2.04. The van der Waals surface area contributed by atoms with Crippen molar-refractivity contribution in [3.63, 3.8) is 0 Å². The Kier molecular flexibility index (Phi) is 5.74. The number of aliphatic carboxylic acids is 1. The molecule has 2 atom stereocenters. The van der Waals surface area contributed by atoms with Crippen LogP contribution in [0.3, 0.4) is 0 Å². The summed E-state index contributed by atoms with van der Waals surface area (Å²) in [6.07, 6.45) is 1.38. The minimum absolute atomic E-state index is 0.0441. The Morgan fingerprint density at radius 3 is 2.42 bits per heavy atom. The molecule has 0 heterocycles. The fourth-order valence-corrected chi connectivity index (χ4v) is 3.14. The van der Waals surface area contributed by atoms with E-state index in [2.05, 4.69) is 10.0 Å². The third-order valence-corrected chi connectivity index (χ3v) is 4.66. The van der Waals surface area contributed by atoms with Crippen LogP contribution in [-0.2, 0) is 19.6 Å². The zero-order valence-electron chi connectivity index (χ0n) is 10.9. The van der Waals surface area contributed by atoms with Crippen molar-refractivity contribution in [3.05, 3.63) is 0 Å². The lowest BCUT2D eigenvalue weighted by molar-refractivity contribution is -0.141. The van der Waals surface area contributed by atoms with Gasteiger partial charge in [-0.1, -0.05) is 6.92 Å². The number of carbonyl (C=O) groups is 2. The lowest BCUT2D eigenvalue weighted by Crippen LogP contribution is -2.36. The highest BCUT2D eigenvalue weighted by atomic mass is 32.2. The molecule has 7 nitrogen and oxygen atoms in total. The number of rotatable bonds is 7. The summed E-state index contributed by atoms with van der Waals surface area (Å²) in [4.78, 5) is 22.5. The molecule has 0 radical (unpaired) electrons. The molecule has 0 aromatic heterocycles. The zero-order chi connectivity index (χ0) is 14.5. The van der Waals surface area contributed by atoms with Crippen molar-refractivity contribution in [3.8, 4) is 0 Å². The van der Waals surface area contributed by atoms with Gasteiger partial charge in [0.15, 0.2) is 0 Å². The smallest absolute Gasteiger partial charge is 0.306 e. The summed E-state index contributed by atoms with van der Waals surface area (Å²) < 4.78 is 25.0. The number of hydrogen-bond acceptors (Lipinski definition) is 4. The molecule has 1 fully saturated rings. The van der Waals surface area contributed by atoms with Crippen LogP contribution in [0.4, 0.5) is 0 Å². The van der Waals surface area contributed by atoms with Gasteiger partial charge in [0.1, 0.15) is 0 Å². The molecule has 1 rings (SSSR count). The second kappa shape index (κ2) is 6.85. The molecule has 0 aromatic rings. The summed E-state index contributed by atoms with van der Waals surface area (Å²) in [5.74, 6) is -2.06. The quantitative estimate of drug-likeness (QED) is 0.588. The number of carbonyl (C=O) groups excluding carboxylic acids is 1. The highest BCUT2D eigenvalue weighted by Gasteiger charge is 2.33. The molecular weight excluding hydrogens is 272 g/mol. The number of amides is 1. The Morgan fingerprint density at radius 2 is 1.89 bits per heavy atom. The monoisotopic (exact) mass is 292 g/mol. The van der Waals surface area contributed by atoms with E-state index in [0.29, 0.717) is 25.8 Å². The number of nitrogens with one attached hydrogen (secondary N) is 2. The highest BCUT2D eigenvalue weighted by molar-refractivity contribution is 7.89. The van der Waals surface area contributed by atoms with Crippen molar-refractivity contribution in [2.24, 2.45) is 11.8 Å². The third kappa shape index (κ3) is 5.15. The van der Waals surface area contributed by atoms with Crippen LogP contribution in [-0.4, -0.2) is 44.2 Å². The normalized spacial score (nSPS) is 23.2. The Bertz CT molecular complexity index is 434. The van der Waals surface area contributed by atoms with E-state index < -0.39 is 21.9 Å². The van der Waals surface area contributed by atoms with E-state index in [9.17, 15) is 18.0 Å². The third-order valence-electron chi connectivity index (χ3n) is 3.19. The maximum Gasteiger partial charge on any atom is 0.306 e. The molecule has 110 valence electrons. The van der Waals surface area contributed by atoms with Gasteiger partial charge in [-0.2, -0.15) is 0 Å². The van der Waals surface area contributed by atoms with Crippen molar-refractivity contribution in [2.45, 2.75) is 26.2 Å². The van der Waals surface area contributed by atoms with E-state index in [1.165, 1.54) is 0 Å². The summed E-state index contributed by atoms with van der Waals surface area (Å²) in [5, 5.41) is 11.4. The lowest BCUT2D eigenvalue weighted by atomic mass is 10.0. The van der Waals surface area contributed by atoms with Gasteiger partial charge in [-0.3, -0.25) is 9.59 Å². The Morgan fingerprint density at radius 1 is 1.26 bits per heavy atom. The topological polar surface area (TPSA) is 113 Å². The van der Waals surface area contributed by atoms with E-state index >= 15 is 0 Å². The first-order valence-electron chi connectivity index (χ1n) is 6.33. The standard InChI is InChI=1S/C11H20N2O5S/c1-2-13-19(17,18)6-5-12-10(14)8-3-4-9(7-8)11(15)16/h8-9,13H,2-7H2,1H3,(H,12,14)(H,15,16)/t8-,9+/m1/s1. The summed E-state index contributed by atoms with van der Waals surface area (Å²) in [5.41, 5.74) is 0. The van der Waals surface area contributed by atoms with Crippen LogP contribution in [0, 0.1) is 11.8 Å². The van der Waals surface area contributed by atoms with Crippen LogP contribution in [0.15, 0.2) is 0 Å². The molecule has 0 saturated heterocycles. The second-order valence-electron chi connectivity index (χ2n) is 4.65. The summed E-state index contributed by atoms with van der Waals surface area (Å²) >= 11 is 0. The van der Waals surface area contributed by atoms with Gasteiger partial charge in [0.2, 0.25) is 15.9 Å². The first-order chi connectivity index (χ1) is 8.85. The molecule has 0 spiro atoms. The number of sulfonamides is 1. The molecule has 0 bridgehead atoms. The molecule has 3 N–H and O–H groups in total. The van der Waals surface area contributed by atoms with E-state index in [1.54, 1.807) is 6.92 Å². The molecule has 1 aliphatic carbocycles. The Hall–Kier alpha value is -1.15. The molecule has 0 aromatic carbocycles. The molecule has 1 amide bonds. The Balaban J connectivity index is 2.31. The molecule has 0 unspecified atom stereocenters. The number of carboxylic acids is 1. The summed E-state index contributed by atoms with van der Waals surface area (Å²) in [7, 11) is -3.33. The van der Waals surface area contributed by atoms with E-state index in [-0.39, 0.29) is 24.1 Å². The molecule has 8 heteroatoms. The van der Waals surface area contributed by atoms with Gasteiger partial charge >= 0.3 is 5.97 Å². The van der Waals surface area contributed by atoms with Crippen molar-refractivity contribution in [1.29, 1.82) is 0 Å². The van der Waals surface area contributed by atoms with E-state index in [1.807, 2.05) is 0 Å². The van der Waals surface area contributed by atoms with Gasteiger partial charge in [-0.25, -0.2) is 13.1 Å². The average molecular weight is 292 g/mol. The van der Waals surface area contributed by atoms with Crippen LogP contribution in [0.2, 0.25) is 0 Å². The van der Waals surface area contributed by atoms with Crippen LogP contribution in [0.1, 0.15) is 26.2 Å². The van der Waals surface area contributed by atoms with Gasteiger partial charge in [0.25, 0.3) is 0 Å². The van der Waals surface area contributed by atoms with Gasteiger partial charge in [-0.05, 0) is 19.3 Å². The van der Waals surface area contributed by atoms with Crippen molar-refractivity contribution >= 4 is 21.9 Å². The average Bonchev–Trinajstić information content (AvgIpc) is 2.77. The fourth-order valence-electron chi connectivity index (χ4n) is 2.19. The van der Waals surface area contributed by atoms with Crippen molar-refractivity contribution < 1.29 is 23.1 Å².